The Morgan fingerprint density at radius 3 is 2.41 bits per heavy atom. The molecule has 0 aromatic heterocycles. The van der Waals surface area contributed by atoms with Crippen LogP contribution in [0, 0.1) is 11.3 Å². The third-order valence-electron chi connectivity index (χ3n) is 3.82. The summed E-state index contributed by atoms with van der Waals surface area (Å²) >= 11 is -1.59. The number of benzene rings is 2. The van der Waals surface area contributed by atoms with Crippen LogP contribution >= 0.6 is 0 Å². The molecule has 27 heavy (non-hydrogen) atoms. The summed E-state index contributed by atoms with van der Waals surface area (Å²) in [6.45, 7) is 0. The van der Waals surface area contributed by atoms with Crippen LogP contribution in [0.15, 0.2) is 53.4 Å². The Balaban J connectivity index is 2.35. The molecule has 0 saturated heterocycles. The number of amides is 1. The van der Waals surface area contributed by atoms with Gasteiger partial charge < -0.3 is 15.0 Å². The van der Waals surface area contributed by atoms with Crippen LogP contribution in [0.1, 0.15) is 11.1 Å². The van der Waals surface area contributed by atoms with Gasteiger partial charge in [0.1, 0.15) is 17.9 Å². The molecule has 0 aliphatic carbocycles. The zero-order valence-electron chi connectivity index (χ0n) is 14.1. The summed E-state index contributed by atoms with van der Waals surface area (Å²) in [7, 11) is 0. The minimum Gasteiger partial charge on any atom is -0.612 e. The molecule has 0 fully saturated rings. The first-order chi connectivity index (χ1) is 12.6. The van der Waals surface area contributed by atoms with Crippen LogP contribution in [0.25, 0.3) is 0 Å². The van der Waals surface area contributed by atoms with Crippen molar-refractivity contribution in [1.82, 2.24) is 0 Å². The molecule has 9 heteroatoms. The van der Waals surface area contributed by atoms with Gasteiger partial charge in [0.15, 0.2) is 4.90 Å². The molecule has 0 aliphatic rings. The smallest absolute Gasteiger partial charge is 0.426 e. The lowest BCUT2D eigenvalue weighted by Crippen LogP contribution is -2.56. The van der Waals surface area contributed by atoms with Crippen LogP contribution in [-0.4, -0.2) is 33.6 Å². The zero-order chi connectivity index (χ0) is 20.2. The fourth-order valence-electron chi connectivity index (χ4n) is 2.37. The maximum absolute atomic E-state index is 13.5. The van der Waals surface area contributed by atoms with E-state index in [1.807, 2.05) is 11.4 Å². The van der Waals surface area contributed by atoms with E-state index in [2.05, 4.69) is 0 Å². The lowest BCUT2D eigenvalue weighted by Gasteiger charge is -2.29. The Kier molecular flexibility index (Phi) is 6.15. The van der Waals surface area contributed by atoms with E-state index < -0.39 is 35.3 Å². The van der Waals surface area contributed by atoms with E-state index in [9.17, 15) is 27.6 Å². The van der Waals surface area contributed by atoms with E-state index >= 15 is 0 Å². The number of nitrogens with one attached hydrogen (secondary N) is 1. The number of nitrogens with zero attached hydrogens (tertiary/aromatic N) is 1. The van der Waals surface area contributed by atoms with Crippen molar-refractivity contribution in [3.8, 4) is 6.07 Å². The molecule has 5 nitrogen and oxygen atoms in total. The van der Waals surface area contributed by atoms with Crippen LogP contribution in [0.3, 0.4) is 0 Å². The molecule has 0 spiro atoms. The highest BCUT2D eigenvalue weighted by molar-refractivity contribution is 7.90. The second-order valence-electron chi connectivity index (χ2n) is 5.75. The van der Waals surface area contributed by atoms with Gasteiger partial charge in [0.25, 0.3) is 5.91 Å². The molecule has 0 radical (unpaired) electrons. The van der Waals surface area contributed by atoms with Crippen LogP contribution < -0.4 is 5.32 Å². The van der Waals surface area contributed by atoms with Gasteiger partial charge in [-0.05, 0) is 28.9 Å². The van der Waals surface area contributed by atoms with Gasteiger partial charge in [-0.25, -0.2) is 0 Å². The standard InChI is InChI=1S/C18H15F3N2O3S/c1-27(26)15-9-14(8-7-13(15)11-22)23-16(24)17(25,18(19,20)21)10-12-5-3-2-4-6-12/h2-9,25H,10H2,1H3,(H,23,24). The van der Waals surface area contributed by atoms with Gasteiger partial charge in [-0.3, -0.25) is 4.79 Å². The largest absolute Gasteiger partial charge is 0.612 e. The fourth-order valence-corrected chi connectivity index (χ4v) is 3.08. The molecular weight excluding hydrogens is 381 g/mol. The van der Waals surface area contributed by atoms with Crippen molar-refractivity contribution in [1.29, 1.82) is 5.26 Å². The summed E-state index contributed by atoms with van der Waals surface area (Å²) in [5, 5.41) is 21.1. The minimum absolute atomic E-state index is 0.0638. The van der Waals surface area contributed by atoms with Gasteiger partial charge in [-0.15, -0.1) is 0 Å². The highest BCUT2D eigenvalue weighted by Crippen LogP contribution is 2.35. The molecule has 0 bridgehead atoms. The van der Waals surface area contributed by atoms with E-state index in [-0.39, 0.29) is 21.7 Å². The Hall–Kier alpha value is -2.54. The molecule has 2 unspecified atom stereocenters. The number of alkyl halides is 3. The molecule has 1 amide bonds. The summed E-state index contributed by atoms with van der Waals surface area (Å²) in [6, 6.07) is 12.7. The van der Waals surface area contributed by atoms with Crippen molar-refractivity contribution in [3.05, 3.63) is 59.7 Å². The third kappa shape index (κ3) is 4.60. The zero-order valence-corrected chi connectivity index (χ0v) is 14.9. The maximum Gasteiger partial charge on any atom is 0.426 e. The Morgan fingerprint density at radius 2 is 1.89 bits per heavy atom. The summed E-state index contributed by atoms with van der Waals surface area (Å²) in [4.78, 5) is 12.4. The number of carbonyl (C=O) groups is 1. The predicted octanol–water partition coefficient (Wildman–Crippen LogP) is 2.77. The number of hydrogen-bond donors (Lipinski definition) is 2. The lowest BCUT2D eigenvalue weighted by atomic mass is 9.92. The Morgan fingerprint density at radius 1 is 1.26 bits per heavy atom. The molecule has 0 aliphatic heterocycles. The van der Waals surface area contributed by atoms with Crippen LogP contribution in [0.2, 0.25) is 0 Å². The molecular formula is C18H15F3N2O3S. The molecule has 0 heterocycles. The third-order valence-corrected chi connectivity index (χ3v) is 4.77. The summed E-state index contributed by atoms with van der Waals surface area (Å²) in [6.07, 6.45) is -4.90. The van der Waals surface area contributed by atoms with Gasteiger partial charge >= 0.3 is 6.18 Å². The molecule has 2 aromatic carbocycles. The lowest BCUT2D eigenvalue weighted by molar-refractivity contribution is -0.248. The number of rotatable bonds is 5. The molecule has 2 atom stereocenters. The predicted molar refractivity (Wildman–Crippen MR) is 93.3 cm³/mol. The maximum atomic E-state index is 13.5. The highest BCUT2D eigenvalue weighted by atomic mass is 32.2. The van der Waals surface area contributed by atoms with E-state index in [0.717, 1.165) is 6.07 Å². The number of hydrogen-bond acceptors (Lipinski definition) is 4. The number of nitriles is 1. The number of halogens is 3. The van der Waals surface area contributed by atoms with Gasteiger partial charge in [0.05, 0.1) is 0 Å². The SMILES string of the molecule is C[S+]([O-])c1cc(NC(=O)C(O)(Cc2ccccc2)C(F)(F)F)ccc1C#N. The van der Waals surface area contributed by atoms with Crippen molar-refractivity contribution < 1.29 is 27.6 Å². The fraction of sp³-hybridized carbons (Fsp3) is 0.222. The van der Waals surface area contributed by atoms with E-state index in [4.69, 9.17) is 5.26 Å². The summed E-state index contributed by atoms with van der Waals surface area (Å²) in [5.41, 5.74) is -3.57. The first-order valence-corrected chi connectivity index (χ1v) is 9.16. The summed E-state index contributed by atoms with van der Waals surface area (Å²) in [5.74, 6) is -1.67. The first-order valence-electron chi connectivity index (χ1n) is 7.60. The molecule has 142 valence electrons. The van der Waals surface area contributed by atoms with Crippen LogP contribution in [-0.2, 0) is 22.4 Å². The van der Waals surface area contributed by atoms with E-state index in [1.165, 1.54) is 42.7 Å². The van der Waals surface area contributed by atoms with Crippen LogP contribution in [0.4, 0.5) is 18.9 Å². The van der Waals surface area contributed by atoms with E-state index in [0.29, 0.717) is 0 Å². The Labute approximate surface area is 156 Å². The average Bonchev–Trinajstić information content (AvgIpc) is 2.61. The number of aliphatic hydroxyl groups is 1. The van der Waals surface area contributed by atoms with Gasteiger partial charge in [-0.2, -0.15) is 18.4 Å². The first kappa shape index (κ1) is 20.8. The second-order valence-corrected chi connectivity index (χ2v) is 7.10. The molecule has 2 N–H and O–H groups in total. The molecule has 2 rings (SSSR count). The van der Waals surface area contributed by atoms with Crippen molar-refractivity contribution in [2.24, 2.45) is 0 Å². The topological polar surface area (TPSA) is 96.2 Å². The van der Waals surface area contributed by atoms with Gasteiger partial charge in [-0.1, -0.05) is 30.3 Å². The average molecular weight is 396 g/mol. The van der Waals surface area contributed by atoms with E-state index in [1.54, 1.807) is 6.07 Å². The summed E-state index contributed by atoms with van der Waals surface area (Å²) < 4.78 is 52.1. The van der Waals surface area contributed by atoms with Crippen molar-refractivity contribution in [3.63, 3.8) is 0 Å². The Bertz CT molecular complexity index is 866. The van der Waals surface area contributed by atoms with Crippen LogP contribution in [0.5, 0.6) is 0 Å². The number of carbonyl (C=O) groups excluding carboxylic acids is 1. The molecule has 0 saturated carbocycles. The van der Waals surface area contributed by atoms with Gasteiger partial charge in [0.2, 0.25) is 5.60 Å². The normalized spacial score (nSPS) is 14.7. The van der Waals surface area contributed by atoms with Crippen molar-refractivity contribution in [2.45, 2.75) is 23.1 Å². The van der Waals surface area contributed by atoms with Crippen molar-refractivity contribution >= 4 is 22.8 Å². The van der Waals surface area contributed by atoms with Crippen molar-refractivity contribution in [2.75, 3.05) is 11.6 Å². The molecule has 2 aromatic rings. The quantitative estimate of drug-likeness (QED) is 0.760. The highest BCUT2D eigenvalue weighted by Gasteiger charge is 2.59. The monoisotopic (exact) mass is 396 g/mol. The van der Waals surface area contributed by atoms with Gasteiger partial charge in [0, 0.05) is 18.2 Å². The second kappa shape index (κ2) is 8.00. The number of anilines is 1. The minimum atomic E-state index is -5.23.